The number of nitrogens with zero attached hydrogens (tertiary/aromatic N) is 1. The highest BCUT2D eigenvalue weighted by Crippen LogP contribution is 2.28. The molecule has 3 rings (SSSR count). The fourth-order valence-corrected chi connectivity index (χ4v) is 3.06. The highest BCUT2D eigenvalue weighted by Gasteiger charge is 2.17. The monoisotopic (exact) mass is 396 g/mol. The predicted molar refractivity (Wildman–Crippen MR) is 109 cm³/mol. The molecule has 2 aromatic carbocycles. The molecule has 0 aliphatic heterocycles. The minimum absolute atomic E-state index is 0.272. The number of aromatic nitrogens is 1. The Hall–Kier alpha value is -3.48. The van der Waals surface area contributed by atoms with E-state index in [1.165, 1.54) is 0 Å². The second-order valence-electron chi connectivity index (χ2n) is 6.44. The van der Waals surface area contributed by atoms with Gasteiger partial charge in [0.15, 0.2) is 18.1 Å². The van der Waals surface area contributed by atoms with Gasteiger partial charge in [-0.15, -0.1) is 0 Å². The molecule has 1 heterocycles. The van der Waals surface area contributed by atoms with E-state index in [-0.39, 0.29) is 12.5 Å². The van der Waals surface area contributed by atoms with E-state index in [1.54, 1.807) is 31.3 Å². The molecule has 1 N–H and O–H groups in total. The molecule has 3 aromatic rings. The maximum Gasteiger partial charge on any atom is 0.355 e. The lowest BCUT2D eigenvalue weighted by Gasteiger charge is -2.21. The Morgan fingerprint density at radius 2 is 1.76 bits per heavy atom. The van der Waals surface area contributed by atoms with E-state index in [0.29, 0.717) is 30.3 Å². The molecule has 0 saturated heterocycles. The van der Waals surface area contributed by atoms with Crippen molar-refractivity contribution in [3.8, 4) is 11.5 Å². The van der Waals surface area contributed by atoms with E-state index in [1.807, 2.05) is 43.3 Å². The Kier molecular flexibility index (Phi) is 6.39. The fourth-order valence-electron chi connectivity index (χ4n) is 3.06. The topological polar surface area (TPSA) is 80.9 Å². The first-order valence-electron chi connectivity index (χ1n) is 9.29. The van der Waals surface area contributed by atoms with Gasteiger partial charge in [0.05, 0.1) is 14.2 Å². The predicted octanol–water partition coefficient (Wildman–Crippen LogP) is 3.39. The third-order valence-corrected chi connectivity index (χ3v) is 4.63. The number of likely N-dealkylation sites (N-methyl/N-ethyl adjacent to an activating group) is 1. The SMILES string of the molecule is CCN(Cc1ccc(OC)c(OC)c1)C(=O)COC(=O)c1cc2ccccc2[nH]1. The van der Waals surface area contributed by atoms with Crippen LogP contribution in [0, 0.1) is 0 Å². The number of esters is 1. The van der Waals surface area contributed by atoms with Gasteiger partial charge in [-0.25, -0.2) is 4.79 Å². The summed E-state index contributed by atoms with van der Waals surface area (Å²) in [5.41, 5.74) is 2.05. The molecule has 7 heteroatoms. The number of hydrogen-bond donors (Lipinski definition) is 1. The molecule has 0 saturated carbocycles. The maximum absolute atomic E-state index is 12.5. The number of amides is 1. The van der Waals surface area contributed by atoms with Crippen molar-refractivity contribution in [2.75, 3.05) is 27.4 Å². The average molecular weight is 396 g/mol. The Labute approximate surface area is 169 Å². The van der Waals surface area contributed by atoms with Crippen molar-refractivity contribution in [3.05, 3.63) is 59.8 Å². The maximum atomic E-state index is 12.5. The largest absolute Gasteiger partial charge is 0.493 e. The zero-order chi connectivity index (χ0) is 20.8. The van der Waals surface area contributed by atoms with Crippen molar-refractivity contribution in [3.63, 3.8) is 0 Å². The van der Waals surface area contributed by atoms with E-state index in [0.717, 1.165) is 16.5 Å². The van der Waals surface area contributed by atoms with Crippen LogP contribution in [0.3, 0.4) is 0 Å². The van der Waals surface area contributed by atoms with E-state index < -0.39 is 5.97 Å². The minimum Gasteiger partial charge on any atom is -0.493 e. The molecule has 29 heavy (non-hydrogen) atoms. The number of methoxy groups -OCH3 is 2. The highest BCUT2D eigenvalue weighted by atomic mass is 16.5. The van der Waals surface area contributed by atoms with Crippen LogP contribution in [0.15, 0.2) is 48.5 Å². The number of aromatic amines is 1. The van der Waals surface area contributed by atoms with Crippen molar-refractivity contribution in [2.45, 2.75) is 13.5 Å². The van der Waals surface area contributed by atoms with Gasteiger partial charge in [0, 0.05) is 24.0 Å². The van der Waals surface area contributed by atoms with Crippen LogP contribution in [0.25, 0.3) is 10.9 Å². The van der Waals surface area contributed by atoms with Gasteiger partial charge in [0.25, 0.3) is 5.91 Å². The molecule has 0 radical (unpaired) electrons. The number of H-pyrrole nitrogens is 1. The lowest BCUT2D eigenvalue weighted by atomic mass is 10.2. The summed E-state index contributed by atoms with van der Waals surface area (Å²) in [6, 6.07) is 14.7. The summed E-state index contributed by atoms with van der Waals surface area (Å²) in [7, 11) is 3.13. The van der Waals surface area contributed by atoms with Crippen LogP contribution in [0.1, 0.15) is 23.0 Å². The second-order valence-corrected chi connectivity index (χ2v) is 6.44. The van der Waals surface area contributed by atoms with Crippen LogP contribution in [0.4, 0.5) is 0 Å². The summed E-state index contributed by atoms with van der Waals surface area (Å²) >= 11 is 0. The number of carbonyl (C=O) groups is 2. The third kappa shape index (κ3) is 4.68. The Balaban J connectivity index is 1.61. The number of nitrogens with one attached hydrogen (secondary N) is 1. The van der Waals surface area contributed by atoms with Crippen LogP contribution in [0.2, 0.25) is 0 Å². The molecular formula is C22H24N2O5. The van der Waals surface area contributed by atoms with E-state index in [4.69, 9.17) is 14.2 Å². The quantitative estimate of drug-likeness (QED) is 0.591. The summed E-state index contributed by atoms with van der Waals surface area (Å²) in [5.74, 6) is 0.389. The van der Waals surface area contributed by atoms with Crippen molar-refractivity contribution in [1.29, 1.82) is 0 Å². The van der Waals surface area contributed by atoms with Crippen LogP contribution < -0.4 is 9.47 Å². The molecule has 0 unspecified atom stereocenters. The van der Waals surface area contributed by atoms with Gasteiger partial charge < -0.3 is 24.1 Å². The third-order valence-electron chi connectivity index (χ3n) is 4.63. The van der Waals surface area contributed by atoms with Crippen molar-refractivity contribution in [1.82, 2.24) is 9.88 Å². The van der Waals surface area contributed by atoms with Crippen molar-refractivity contribution >= 4 is 22.8 Å². The number of hydrogen-bond acceptors (Lipinski definition) is 5. The fraction of sp³-hybridized carbons (Fsp3) is 0.273. The average Bonchev–Trinajstić information content (AvgIpc) is 3.19. The molecule has 0 fully saturated rings. The van der Waals surface area contributed by atoms with E-state index in [2.05, 4.69) is 4.98 Å². The summed E-state index contributed by atoms with van der Waals surface area (Å²) in [6.07, 6.45) is 0. The lowest BCUT2D eigenvalue weighted by Crippen LogP contribution is -2.34. The molecule has 0 aliphatic carbocycles. The van der Waals surface area contributed by atoms with Gasteiger partial charge in [-0.05, 0) is 36.8 Å². The number of ether oxygens (including phenoxy) is 3. The zero-order valence-electron chi connectivity index (χ0n) is 16.7. The number of benzene rings is 2. The van der Waals surface area contributed by atoms with Gasteiger partial charge in [0.2, 0.25) is 0 Å². The van der Waals surface area contributed by atoms with Crippen LogP contribution >= 0.6 is 0 Å². The zero-order valence-corrected chi connectivity index (χ0v) is 16.7. The number of para-hydroxylation sites is 1. The number of carbonyl (C=O) groups excluding carboxylic acids is 2. The van der Waals surface area contributed by atoms with Gasteiger partial charge in [0.1, 0.15) is 5.69 Å². The summed E-state index contributed by atoms with van der Waals surface area (Å²) in [4.78, 5) is 29.4. The van der Waals surface area contributed by atoms with Gasteiger partial charge in [-0.2, -0.15) is 0 Å². The molecule has 152 valence electrons. The smallest absolute Gasteiger partial charge is 0.355 e. The number of fused-ring (bicyclic) bond motifs is 1. The van der Waals surface area contributed by atoms with Crippen LogP contribution in [-0.4, -0.2) is 49.1 Å². The van der Waals surface area contributed by atoms with E-state index >= 15 is 0 Å². The molecule has 1 amide bonds. The Bertz CT molecular complexity index is 978. The Morgan fingerprint density at radius 3 is 2.45 bits per heavy atom. The van der Waals surface area contributed by atoms with Gasteiger partial charge in [-0.3, -0.25) is 4.79 Å². The molecule has 0 atom stereocenters. The van der Waals surface area contributed by atoms with E-state index in [9.17, 15) is 9.59 Å². The standard InChI is InChI=1S/C22H24N2O5/c1-4-24(13-15-9-10-19(27-2)20(11-15)28-3)21(25)14-29-22(26)18-12-16-7-5-6-8-17(16)23-18/h5-12,23H,4,13-14H2,1-3H3. The van der Waals surface area contributed by atoms with Crippen LogP contribution in [0.5, 0.6) is 11.5 Å². The summed E-state index contributed by atoms with van der Waals surface area (Å²) in [6.45, 7) is 2.41. The highest BCUT2D eigenvalue weighted by molar-refractivity contribution is 5.95. The molecule has 0 bridgehead atoms. The van der Waals surface area contributed by atoms with Crippen molar-refractivity contribution in [2.24, 2.45) is 0 Å². The minimum atomic E-state index is -0.559. The Morgan fingerprint density at radius 1 is 1.00 bits per heavy atom. The summed E-state index contributed by atoms with van der Waals surface area (Å²) in [5, 5.41) is 0.911. The number of rotatable bonds is 8. The lowest BCUT2D eigenvalue weighted by molar-refractivity contribution is -0.134. The van der Waals surface area contributed by atoms with Gasteiger partial charge in [-0.1, -0.05) is 24.3 Å². The first kappa shape index (κ1) is 20.3. The normalized spacial score (nSPS) is 10.6. The first-order valence-corrected chi connectivity index (χ1v) is 9.29. The second kappa shape index (κ2) is 9.14. The summed E-state index contributed by atoms with van der Waals surface area (Å²) < 4.78 is 15.8. The molecular weight excluding hydrogens is 372 g/mol. The molecule has 1 aromatic heterocycles. The van der Waals surface area contributed by atoms with Gasteiger partial charge >= 0.3 is 5.97 Å². The molecule has 7 nitrogen and oxygen atoms in total. The van der Waals surface area contributed by atoms with Crippen molar-refractivity contribution < 1.29 is 23.8 Å². The first-order chi connectivity index (χ1) is 14.0. The van der Waals surface area contributed by atoms with Crippen LogP contribution in [-0.2, 0) is 16.1 Å². The molecule has 0 aliphatic rings. The molecule has 0 spiro atoms.